The summed E-state index contributed by atoms with van der Waals surface area (Å²) >= 11 is 5.71. The van der Waals surface area contributed by atoms with Gasteiger partial charge in [-0.1, -0.05) is 11.6 Å². The van der Waals surface area contributed by atoms with Crippen LogP contribution in [0.3, 0.4) is 0 Å². The Morgan fingerprint density at radius 2 is 2.18 bits per heavy atom. The first-order valence-electron chi connectivity index (χ1n) is 6.39. The predicted octanol–water partition coefficient (Wildman–Crippen LogP) is 2.24. The molecule has 0 aliphatic carbocycles. The van der Waals surface area contributed by atoms with Crippen LogP contribution in [0.2, 0.25) is 5.02 Å². The maximum Gasteiger partial charge on any atom is 0.312 e. The van der Waals surface area contributed by atoms with Gasteiger partial charge >= 0.3 is 5.69 Å². The molecule has 0 saturated heterocycles. The summed E-state index contributed by atoms with van der Waals surface area (Å²) in [6, 6.07) is 4.05. The maximum absolute atomic E-state index is 11.8. The van der Waals surface area contributed by atoms with Crippen molar-refractivity contribution in [3.05, 3.63) is 33.3 Å². The maximum atomic E-state index is 11.8. The second kappa shape index (κ2) is 9.45. The highest BCUT2D eigenvalue weighted by Crippen LogP contribution is 2.29. The number of halogens is 2. The van der Waals surface area contributed by atoms with Crippen LogP contribution >= 0.6 is 24.0 Å². The average molecular weight is 352 g/mol. The Morgan fingerprint density at radius 3 is 2.73 bits per heavy atom. The van der Waals surface area contributed by atoms with Crippen molar-refractivity contribution >= 4 is 35.6 Å². The lowest BCUT2D eigenvalue weighted by atomic mass is 10.2. The molecule has 1 unspecified atom stereocenters. The third kappa shape index (κ3) is 5.67. The third-order valence-electron chi connectivity index (χ3n) is 3.09. The van der Waals surface area contributed by atoms with E-state index in [0.29, 0.717) is 6.54 Å². The summed E-state index contributed by atoms with van der Waals surface area (Å²) in [5, 5.41) is 11.1. The van der Waals surface area contributed by atoms with E-state index in [1.54, 1.807) is 7.05 Å². The van der Waals surface area contributed by atoms with Gasteiger partial charge in [0.1, 0.15) is 0 Å². The smallest absolute Gasteiger partial charge is 0.312 e. The minimum atomic E-state index is -0.578. The SMILES string of the molecule is CC(CN)N(C)C(=O)CCOc1ccc(Cl)cc1[N+](=O)[O-].Cl. The van der Waals surface area contributed by atoms with Crippen molar-refractivity contribution in [2.75, 3.05) is 20.2 Å². The molecule has 1 amide bonds. The van der Waals surface area contributed by atoms with Crippen molar-refractivity contribution in [3.8, 4) is 5.75 Å². The van der Waals surface area contributed by atoms with E-state index < -0.39 is 4.92 Å². The van der Waals surface area contributed by atoms with Crippen LogP contribution in [0.4, 0.5) is 5.69 Å². The lowest BCUT2D eigenvalue weighted by Gasteiger charge is -2.23. The van der Waals surface area contributed by atoms with Gasteiger partial charge in [-0.25, -0.2) is 0 Å². The van der Waals surface area contributed by atoms with Gasteiger partial charge in [0, 0.05) is 30.7 Å². The summed E-state index contributed by atoms with van der Waals surface area (Å²) in [7, 11) is 1.66. The summed E-state index contributed by atoms with van der Waals surface area (Å²) in [5.74, 6) is -0.0451. The van der Waals surface area contributed by atoms with E-state index in [1.807, 2.05) is 6.92 Å². The van der Waals surface area contributed by atoms with E-state index in [9.17, 15) is 14.9 Å². The van der Waals surface area contributed by atoms with Crippen LogP contribution in [-0.4, -0.2) is 42.0 Å². The van der Waals surface area contributed by atoms with Gasteiger partial charge in [-0.3, -0.25) is 14.9 Å². The Kier molecular flexibility index (Phi) is 8.77. The van der Waals surface area contributed by atoms with Crippen molar-refractivity contribution in [3.63, 3.8) is 0 Å². The van der Waals surface area contributed by atoms with Crippen LogP contribution < -0.4 is 10.5 Å². The summed E-state index contributed by atoms with van der Waals surface area (Å²) in [6.07, 6.45) is 0.112. The zero-order valence-corrected chi connectivity index (χ0v) is 13.9. The van der Waals surface area contributed by atoms with Crippen molar-refractivity contribution in [2.45, 2.75) is 19.4 Å². The molecular weight excluding hydrogens is 333 g/mol. The molecule has 1 aromatic carbocycles. The number of benzene rings is 1. The second-order valence-corrected chi connectivity index (χ2v) is 4.99. The highest BCUT2D eigenvalue weighted by Gasteiger charge is 2.17. The summed E-state index contributed by atoms with van der Waals surface area (Å²) < 4.78 is 5.31. The molecule has 0 heterocycles. The number of ether oxygens (including phenoxy) is 1. The van der Waals surface area contributed by atoms with Crippen LogP contribution in [0.15, 0.2) is 18.2 Å². The van der Waals surface area contributed by atoms with E-state index in [-0.39, 0.29) is 53.8 Å². The van der Waals surface area contributed by atoms with Gasteiger partial charge in [-0.15, -0.1) is 12.4 Å². The molecule has 0 aromatic heterocycles. The van der Waals surface area contributed by atoms with Crippen LogP contribution in [0.1, 0.15) is 13.3 Å². The summed E-state index contributed by atoms with van der Waals surface area (Å²) in [5.41, 5.74) is 5.26. The number of nitro benzene ring substituents is 1. The number of hydrogen-bond acceptors (Lipinski definition) is 5. The lowest BCUT2D eigenvalue weighted by molar-refractivity contribution is -0.385. The van der Waals surface area contributed by atoms with Gasteiger partial charge in [0.2, 0.25) is 5.91 Å². The molecule has 0 aliphatic rings. The normalized spacial score (nSPS) is 11.3. The largest absolute Gasteiger partial charge is 0.486 e. The first kappa shape index (κ1) is 20.4. The number of nitro groups is 1. The molecule has 1 atom stereocenters. The first-order valence-corrected chi connectivity index (χ1v) is 6.77. The van der Waals surface area contributed by atoms with E-state index in [4.69, 9.17) is 22.1 Å². The zero-order valence-electron chi connectivity index (χ0n) is 12.3. The number of carbonyl (C=O) groups excluding carboxylic acids is 1. The standard InChI is InChI=1S/C13H18ClN3O4.ClH/c1-9(8-15)16(2)13(18)5-6-21-12-4-3-10(14)7-11(12)17(19)20;/h3-4,7,9H,5-6,8,15H2,1-2H3;1H. The first-order chi connectivity index (χ1) is 9.86. The molecule has 9 heteroatoms. The fraction of sp³-hybridized carbons (Fsp3) is 0.462. The number of hydrogen-bond donors (Lipinski definition) is 1. The quantitative estimate of drug-likeness (QED) is 0.599. The number of rotatable bonds is 7. The predicted molar refractivity (Wildman–Crippen MR) is 86.8 cm³/mol. The number of nitrogens with zero attached hydrogens (tertiary/aromatic N) is 2. The molecular formula is C13H19Cl2N3O4. The average Bonchev–Trinajstić information content (AvgIpc) is 2.46. The number of carbonyl (C=O) groups is 1. The van der Waals surface area contributed by atoms with Gasteiger partial charge in [0.15, 0.2) is 5.75 Å². The van der Waals surface area contributed by atoms with Crippen molar-refractivity contribution < 1.29 is 14.5 Å². The van der Waals surface area contributed by atoms with Crippen LogP contribution in [0, 0.1) is 10.1 Å². The molecule has 0 aliphatic heterocycles. The van der Waals surface area contributed by atoms with Crippen LogP contribution in [0.25, 0.3) is 0 Å². The summed E-state index contributed by atoms with van der Waals surface area (Å²) in [4.78, 5) is 23.7. The Bertz CT molecular complexity index is 528. The minimum Gasteiger partial charge on any atom is -0.486 e. The number of nitrogens with two attached hydrogens (primary N) is 1. The van der Waals surface area contributed by atoms with Gasteiger partial charge in [0.05, 0.1) is 18.0 Å². The Balaban J connectivity index is 0.00000441. The van der Waals surface area contributed by atoms with E-state index >= 15 is 0 Å². The molecule has 0 spiro atoms. The second-order valence-electron chi connectivity index (χ2n) is 4.56. The van der Waals surface area contributed by atoms with Gasteiger partial charge in [0.25, 0.3) is 0 Å². The lowest BCUT2D eigenvalue weighted by Crippen LogP contribution is -2.40. The molecule has 0 saturated carbocycles. The number of amides is 1. The highest BCUT2D eigenvalue weighted by atomic mass is 35.5. The molecule has 1 aromatic rings. The van der Waals surface area contributed by atoms with Gasteiger partial charge < -0.3 is 15.4 Å². The monoisotopic (exact) mass is 351 g/mol. The molecule has 0 bridgehead atoms. The highest BCUT2D eigenvalue weighted by molar-refractivity contribution is 6.30. The van der Waals surface area contributed by atoms with E-state index in [2.05, 4.69) is 0 Å². The summed E-state index contributed by atoms with van der Waals surface area (Å²) in [6.45, 7) is 2.25. The molecule has 22 heavy (non-hydrogen) atoms. The van der Waals surface area contributed by atoms with E-state index in [0.717, 1.165) is 0 Å². The molecule has 1 rings (SSSR count). The Labute approximate surface area is 139 Å². The number of likely N-dealkylation sites (N-methyl/N-ethyl adjacent to an activating group) is 1. The van der Waals surface area contributed by atoms with Gasteiger partial charge in [-0.2, -0.15) is 0 Å². The fourth-order valence-corrected chi connectivity index (χ4v) is 1.75. The van der Waals surface area contributed by atoms with Gasteiger partial charge in [-0.05, 0) is 19.1 Å². The van der Waals surface area contributed by atoms with Crippen LogP contribution in [0.5, 0.6) is 5.75 Å². The molecule has 124 valence electrons. The third-order valence-corrected chi connectivity index (χ3v) is 3.32. The minimum absolute atomic E-state index is 0. The topological polar surface area (TPSA) is 98.7 Å². The molecule has 0 fully saturated rings. The van der Waals surface area contributed by atoms with Crippen molar-refractivity contribution in [1.29, 1.82) is 0 Å². The zero-order chi connectivity index (χ0) is 16.0. The van der Waals surface area contributed by atoms with Crippen LogP contribution in [-0.2, 0) is 4.79 Å². The van der Waals surface area contributed by atoms with Crippen molar-refractivity contribution in [1.82, 2.24) is 4.90 Å². The van der Waals surface area contributed by atoms with Crippen molar-refractivity contribution in [2.24, 2.45) is 5.73 Å². The fourth-order valence-electron chi connectivity index (χ4n) is 1.58. The Hall–Kier alpha value is -1.57. The molecule has 2 N–H and O–H groups in total. The van der Waals surface area contributed by atoms with E-state index in [1.165, 1.54) is 23.1 Å². The Morgan fingerprint density at radius 1 is 1.55 bits per heavy atom. The molecule has 0 radical (unpaired) electrons. The molecule has 7 nitrogen and oxygen atoms in total.